The van der Waals surface area contributed by atoms with Crippen molar-refractivity contribution in [3.8, 4) is 0 Å². The van der Waals surface area contributed by atoms with Crippen molar-refractivity contribution < 1.29 is 19.1 Å². The summed E-state index contributed by atoms with van der Waals surface area (Å²) in [4.78, 5) is 44.7. The first-order valence-electron chi connectivity index (χ1n) is 7.79. The molecule has 0 bridgehead atoms. The van der Waals surface area contributed by atoms with E-state index in [1.165, 1.54) is 36.3 Å². The molecule has 10 heteroatoms. The van der Waals surface area contributed by atoms with Crippen LogP contribution in [-0.2, 0) is 14.3 Å². The summed E-state index contributed by atoms with van der Waals surface area (Å²) in [6.45, 7) is 6.77. The molecule has 1 atom stereocenters. The molecule has 0 saturated heterocycles. The maximum absolute atomic E-state index is 12.0. The van der Waals surface area contributed by atoms with Crippen molar-refractivity contribution in [1.29, 1.82) is 0 Å². The van der Waals surface area contributed by atoms with Gasteiger partial charge in [-0.25, -0.2) is 14.8 Å². The first-order chi connectivity index (χ1) is 12.2. The van der Waals surface area contributed by atoms with Crippen LogP contribution in [-0.4, -0.2) is 45.3 Å². The highest BCUT2D eigenvalue weighted by Gasteiger charge is 2.22. The number of carbonyl (C=O) groups is 3. The fourth-order valence-electron chi connectivity index (χ4n) is 1.88. The van der Waals surface area contributed by atoms with Crippen LogP contribution in [0.4, 0.5) is 4.79 Å². The molecule has 26 heavy (non-hydrogen) atoms. The Kier molecular flexibility index (Phi) is 6.54. The lowest BCUT2D eigenvalue weighted by molar-refractivity contribution is -0.151. The fourth-order valence-corrected chi connectivity index (χ4v) is 3.44. The highest BCUT2D eigenvalue weighted by molar-refractivity contribution is 8.00. The Labute approximate surface area is 159 Å². The van der Waals surface area contributed by atoms with E-state index in [0.717, 1.165) is 10.2 Å². The summed E-state index contributed by atoms with van der Waals surface area (Å²) in [5.41, 5.74) is -0.481. The third kappa shape index (κ3) is 5.95. The van der Waals surface area contributed by atoms with Crippen molar-refractivity contribution in [2.24, 2.45) is 0 Å². The molecule has 3 amide bonds. The van der Waals surface area contributed by atoms with Gasteiger partial charge in [-0.05, 0) is 39.1 Å². The smallest absolute Gasteiger partial charge is 0.321 e. The van der Waals surface area contributed by atoms with Crippen LogP contribution in [0.15, 0.2) is 22.8 Å². The van der Waals surface area contributed by atoms with Gasteiger partial charge in [0.15, 0.2) is 6.10 Å². The summed E-state index contributed by atoms with van der Waals surface area (Å²) in [6.07, 6.45) is 0.358. The van der Waals surface area contributed by atoms with E-state index in [0.29, 0.717) is 5.03 Å². The Hall–Kier alpha value is -2.20. The number of aromatic nitrogens is 2. The molecule has 0 aromatic carbocycles. The zero-order valence-corrected chi connectivity index (χ0v) is 16.5. The van der Waals surface area contributed by atoms with E-state index in [1.54, 1.807) is 20.8 Å². The van der Waals surface area contributed by atoms with Crippen molar-refractivity contribution in [3.05, 3.63) is 17.8 Å². The van der Waals surface area contributed by atoms with E-state index in [9.17, 15) is 14.4 Å². The third-order valence-electron chi connectivity index (χ3n) is 2.95. The molecule has 140 valence electrons. The molecule has 1 unspecified atom stereocenters. The van der Waals surface area contributed by atoms with E-state index >= 15 is 0 Å². The van der Waals surface area contributed by atoms with Crippen LogP contribution in [0.5, 0.6) is 0 Å². The number of nitrogens with zero attached hydrogens (tertiary/aromatic N) is 2. The van der Waals surface area contributed by atoms with Crippen molar-refractivity contribution in [2.45, 2.75) is 44.4 Å². The van der Waals surface area contributed by atoms with E-state index in [1.807, 2.05) is 11.4 Å². The average molecular weight is 396 g/mol. The lowest BCUT2D eigenvalue weighted by Crippen LogP contribution is -2.50. The minimum absolute atomic E-state index is 0.00618. The highest BCUT2D eigenvalue weighted by Crippen LogP contribution is 2.27. The Morgan fingerprint density at radius 1 is 1.31 bits per heavy atom. The molecule has 2 aromatic rings. The molecule has 0 aliphatic carbocycles. The first kappa shape index (κ1) is 20.1. The minimum Gasteiger partial charge on any atom is -0.452 e. The van der Waals surface area contributed by atoms with Gasteiger partial charge >= 0.3 is 12.0 Å². The molecule has 0 radical (unpaired) electrons. The largest absolute Gasteiger partial charge is 0.452 e. The van der Waals surface area contributed by atoms with Gasteiger partial charge in [-0.3, -0.25) is 14.9 Å². The van der Waals surface area contributed by atoms with Gasteiger partial charge in [-0.15, -0.1) is 11.3 Å². The zero-order chi connectivity index (χ0) is 19.3. The van der Waals surface area contributed by atoms with E-state index in [2.05, 4.69) is 20.6 Å². The maximum Gasteiger partial charge on any atom is 0.321 e. The van der Waals surface area contributed by atoms with Gasteiger partial charge < -0.3 is 10.1 Å². The standard InChI is InChI=1S/C16H20N4O4S2/c1-9(12(22)19-15(23)20-16(2,3)4)24-11(21)7-26-14-10-5-6-25-13(10)17-8-18-14/h5-6,8-9H,7H2,1-4H3,(H2,19,20,22,23). The topological polar surface area (TPSA) is 110 Å². The Balaban J connectivity index is 1.82. The van der Waals surface area contributed by atoms with E-state index < -0.39 is 29.6 Å². The second kappa shape index (κ2) is 8.45. The summed E-state index contributed by atoms with van der Waals surface area (Å²) >= 11 is 2.70. The van der Waals surface area contributed by atoms with Gasteiger partial charge in [0.1, 0.15) is 16.2 Å². The molecule has 0 saturated carbocycles. The highest BCUT2D eigenvalue weighted by atomic mass is 32.2. The van der Waals surface area contributed by atoms with E-state index in [-0.39, 0.29) is 5.75 Å². The molecule has 2 rings (SSSR count). The predicted octanol–water partition coefficient (Wildman–Crippen LogP) is 2.34. The van der Waals surface area contributed by atoms with Gasteiger partial charge in [0.25, 0.3) is 5.91 Å². The second-order valence-corrected chi connectivity index (χ2v) is 8.29. The summed E-state index contributed by atoms with van der Waals surface area (Å²) in [7, 11) is 0. The fraction of sp³-hybridized carbons (Fsp3) is 0.438. The number of esters is 1. The van der Waals surface area contributed by atoms with Crippen LogP contribution >= 0.6 is 23.1 Å². The molecular weight excluding hydrogens is 376 g/mol. The number of thiophene rings is 1. The molecule has 2 aromatic heterocycles. The van der Waals surface area contributed by atoms with Crippen molar-refractivity contribution in [2.75, 3.05) is 5.75 Å². The monoisotopic (exact) mass is 396 g/mol. The van der Waals surface area contributed by atoms with Gasteiger partial charge in [-0.2, -0.15) is 0 Å². The molecule has 0 spiro atoms. The summed E-state index contributed by atoms with van der Waals surface area (Å²) in [6, 6.07) is 1.25. The number of nitrogens with one attached hydrogen (secondary N) is 2. The van der Waals surface area contributed by atoms with Crippen molar-refractivity contribution >= 4 is 51.2 Å². The number of thioether (sulfide) groups is 1. The molecular formula is C16H20N4O4S2. The van der Waals surface area contributed by atoms with Gasteiger partial charge in [0.2, 0.25) is 0 Å². The zero-order valence-electron chi connectivity index (χ0n) is 14.9. The normalized spacial score (nSPS) is 12.5. The number of fused-ring (bicyclic) bond motifs is 1. The van der Waals surface area contributed by atoms with E-state index in [4.69, 9.17) is 4.74 Å². The van der Waals surface area contributed by atoms with Crippen LogP contribution in [0.25, 0.3) is 10.2 Å². The third-order valence-corrected chi connectivity index (χ3v) is 4.75. The molecule has 2 heterocycles. The van der Waals surface area contributed by atoms with Crippen LogP contribution < -0.4 is 10.6 Å². The van der Waals surface area contributed by atoms with Gasteiger partial charge in [-0.1, -0.05) is 11.8 Å². The SMILES string of the molecule is CC(OC(=O)CSc1ncnc2sccc12)C(=O)NC(=O)NC(C)(C)C. The maximum atomic E-state index is 12.0. The predicted molar refractivity (Wildman–Crippen MR) is 100 cm³/mol. The van der Waals surface area contributed by atoms with Crippen molar-refractivity contribution in [3.63, 3.8) is 0 Å². The molecule has 0 aliphatic heterocycles. The Morgan fingerprint density at radius 2 is 2.04 bits per heavy atom. The number of hydrogen-bond donors (Lipinski definition) is 2. The molecule has 0 aliphatic rings. The lowest BCUT2D eigenvalue weighted by Gasteiger charge is -2.21. The Morgan fingerprint density at radius 3 is 2.73 bits per heavy atom. The number of ether oxygens (including phenoxy) is 1. The number of amides is 3. The quantitative estimate of drug-likeness (QED) is 0.453. The van der Waals surface area contributed by atoms with Crippen LogP contribution in [0.1, 0.15) is 27.7 Å². The minimum atomic E-state index is -1.08. The van der Waals surface area contributed by atoms with Crippen LogP contribution in [0, 0.1) is 0 Å². The number of hydrogen-bond acceptors (Lipinski definition) is 8. The number of carbonyl (C=O) groups excluding carboxylic acids is 3. The molecule has 0 fully saturated rings. The number of imide groups is 1. The summed E-state index contributed by atoms with van der Waals surface area (Å²) in [5, 5.41) is 8.18. The number of rotatable bonds is 5. The number of urea groups is 1. The Bertz CT molecular complexity index is 816. The summed E-state index contributed by atoms with van der Waals surface area (Å²) < 4.78 is 5.07. The average Bonchev–Trinajstić information content (AvgIpc) is 2.99. The first-order valence-corrected chi connectivity index (χ1v) is 9.66. The van der Waals surface area contributed by atoms with Crippen LogP contribution in [0.3, 0.4) is 0 Å². The second-order valence-electron chi connectivity index (χ2n) is 6.43. The van der Waals surface area contributed by atoms with Crippen LogP contribution in [0.2, 0.25) is 0 Å². The molecule has 8 nitrogen and oxygen atoms in total. The summed E-state index contributed by atoms with van der Waals surface area (Å²) in [5.74, 6) is -1.27. The van der Waals surface area contributed by atoms with Gasteiger partial charge in [0, 0.05) is 10.9 Å². The van der Waals surface area contributed by atoms with Crippen molar-refractivity contribution in [1.82, 2.24) is 20.6 Å². The van der Waals surface area contributed by atoms with Gasteiger partial charge in [0.05, 0.1) is 5.75 Å². The molecule has 2 N–H and O–H groups in total. The lowest BCUT2D eigenvalue weighted by atomic mass is 10.1.